The molecule has 0 saturated heterocycles. The van der Waals surface area contributed by atoms with Gasteiger partial charge in [0.2, 0.25) is 0 Å². The number of benzene rings is 2. The second kappa shape index (κ2) is 8.18. The highest BCUT2D eigenvalue weighted by Gasteiger charge is 2.21. The average molecular weight is 379 g/mol. The van der Waals surface area contributed by atoms with Crippen LogP contribution in [0.15, 0.2) is 52.8 Å². The number of phenolic OH excluding ortho intramolecular Hbond substituents is 1. The van der Waals surface area contributed by atoms with Crippen molar-refractivity contribution in [1.82, 2.24) is 0 Å². The van der Waals surface area contributed by atoms with E-state index in [-0.39, 0.29) is 5.75 Å². The molecule has 3 aromatic rings. The smallest absolute Gasteiger partial charge is 0.341 e. The molecular weight excluding hydrogens is 358 g/mol. The monoisotopic (exact) mass is 379 g/mol. The molecule has 0 amide bonds. The molecule has 4 nitrogen and oxygen atoms in total. The van der Waals surface area contributed by atoms with E-state index in [1.165, 1.54) is 11.3 Å². The number of aromatic hydroxyl groups is 1. The molecule has 27 heavy (non-hydrogen) atoms. The summed E-state index contributed by atoms with van der Waals surface area (Å²) in [6.07, 6.45) is 1.57. The Morgan fingerprint density at radius 1 is 1.15 bits per heavy atom. The van der Waals surface area contributed by atoms with Crippen LogP contribution in [0, 0.1) is 13.8 Å². The van der Waals surface area contributed by atoms with E-state index in [1.807, 2.05) is 49.6 Å². The number of phenols is 1. The van der Waals surface area contributed by atoms with Gasteiger partial charge in [-0.1, -0.05) is 35.9 Å². The van der Waals surface area contributed by atoms with Crippen LogP contribution in [0.2, 0.25) is 0 Å². The van der Waals surface area contributed by atoms with Crippen LogP contribution in [0.4, 0.5) is 5.00 Å². The lowest BCUT2D eigenvalue weighted by Crippen LogP contribution is -2.05. The number of nitrogens with zero attached hydrogens (tertiary/aromatic N) is 1. The van der Waals surface area contributed by atoms with E-state index in [0.717, 1.165) is 22.3 Å². The number of aliphatic imine (C=N–C) groups is 1. The molecule has 0 unspecified atom stereocenters. The van der Waals surface area contributed by atoms with Gasteiger partial charge in [0.15, 0.2) is 0 Å². The number of hydrogen-bond acceptors (Lipinski definition) is 5. The zero-order valence-corrected chi connectivity index (χ0v) is 16.3. The molecule has 3 rings (SSSR count). The van der Waals surface area contributed by atoms with Crippen molar-refractivity contribution in [1.29, 1.82) is 0 Å². The van der Waals surface area contributed by atoms with Crippen molar-refractivity contribution in [2.45, 2.75) is 20.8 Å². The van der Waals surface area contributed by atoms with E-state index >= 15 is 0 Å². The molecule has 0 fully saturated rings. The number of thiophene rings is 1. The van der Waals surface area contributed by atoms with Gasteiger partial charge in [0, 0.05) is 22.7 Å². The molecule has 0 aliphatic rings. The van der Waals surface area contributed by atoms with E-state index < -0.39 is 5.97 Å². The number of carbonyl (C=O) groups excluding carboxylic acids is 1. The van der Waals surface area contributed by atoms with Crippen molar-refractivity contribution in [3.05, 3.63) is 70.1 Å². The number of aryl methyl sites for hydroxylation is 2. The van der Waals surface area contributed by atoms with Gasteiger partial charge >= 0.3 is 5.97 Å². The second-order valence-corrected chi connectivity index (χ2v) is 7.09. The normalized spacial score (nSPS) is 11.1. The number of hydrogen-bond donors (Lipinski definition) is 1. The highest BCUT2D eigenvalue weighted by Crippen LogP contribution is 2.38. The molecule has 0 bridgehead atoms. The molecule has 1 heterocycles. The van der Waals surface area contributed by atoms with Gasteiger partial charge < -0.3 is 9.84 Å². The summed E-state index contributed by atoms with van der Waals surface area (Å²) in [6, 6.07) is 13.4. The molecule has 1 N–H and O–H groups in total. The standard InChI is InChI=1S/C22H21NO3S/c1-4-26-22(25)20-18(16-8-5-14(2)6-9-16)13-27-21(20)23-12-17-10-7-15(3)11-19(17)24/h5-13,24H,4H2,1-3H3/b23-12+. The predicted molar refractivity (Wildman–Crippen MR) is 111 cm³/mol. The highest BCUT2D eigenvalue weighted by atomic mass is 32.1. The Bertz CT molecular complexity index is 987. The summed E-state index contributed by atoms with van der Waals surface area (Å²) in [7, 11) is 0. The Hall–Kier alpha value is -2.92. The minimum Gasteiger partial charge on any atom is -0.507 e. The van der Waals surface area contributed by atoms with E-state index in [2.05, 4.69) is 4.99 Å². The van der Waals surface area contributed by atoms with Crippen molar-refractivity contribution in [3.8, 4) is 16.9 Å². The number of rotatable bonds is 5. The lowest BCUT2D eigenvalue weighted by Gasteiger charge is -2.06. The topological polar surface area (TPSA) is 58.9 Å². The van der Waals surface area contributed by atoms with Crippen molar-refractivity contribution in [2.24, 2.45) is 4.99 Å². The highest BCUT2D eigenvalue weighted by molar-refractivity contribution is 7.14. The van der Waals surface area contributed by atoms with Crippen molar-refractivity contribution < 1.29 is 14.6 Å². The number of esters is 1. The maximum atomic E-state index is 12.6. The first kappa shape index (κ1) is 18.9. The van der Waals surface area contributed by atoms with E-state index in [0.29, 0.717) is 22.7 Å². The van der Waals surface area contributed by atoms with Crippen LogP contribution in [-0.2, 0) is 4.74 Å². The van der Waals surface area contributed by atoms with E-state index in [4.69, 9.17) is 4.74 Å². The third kappa shape index (κ3) is 4.26. The van der Waals surface area contributed by atoms with Gasteiger partial charge in [-0.15, -0.1) is 11.3 Å². The zero-order valence-electron chi connectivity index (χ0n) is 15.5. The van der Waals surface area contributed by atoms with Crippen LogP contribution >= 0.6 is 11.3 Å². The van der Waals surface area contributed by atoms with Gasteiger partial charge in [0.05, 0.1) is 6.61 Å². The summed E-state index contributed by atoms with van der Waals surface area (Å²) in [4.78, 5) is 17.0. The summed E-state index contributed by atoms with van der Waals surface area (Å²) in [6.45, 7) is 6.01. The minimum absolute atomic E-state index is 0.159. The molecular formula is C22H21NO3S. The minimum atomic E-state index is -0.394. The van der Waals surface area contributed by atoms with Gasteiger partial charge in [0.1, 0.15) is 16.3 Å². The fourth-order valence-electron chi connectivity index (χ4n) is 2.68. The van der Waals surface area contributed by atoms with Crippen LogP contribution in [0.25, 0.3) is 11.1 Å². The van der Waals surface area contributed by atoms with Crippen LogP contribution < -0.4 is 0 Å². The van der Waals surface area contributed by atoms with E-state index in [9.17, 15) is 9.90 Å². The third-order valence-electron chi connectivity index (χ3n) is 4.12. The molecule has 138 valence electrons. The van der Waals surface area contributed by atoms with Gasteiger partial charge in [-0.3, -0.25) is 0 Å². The zero-order chi connectivity index (χ0) is 19.4. The second-order valence-electron chi connectivity index (χ2n) is 6.24. The number of carbonyl (C=O) groups is 1. The fraction of sp³-hybridized carbons (Fsp3) is 0.182. The van der Waals surface area contributed by atoms with Crippen LogP contribution in [0.3, 0.4) is 0 Å². The lowest BCUT2D eigenvalue weighted by molar-refractivity contribution is 0.0529. The summed E-state index contributed by atoms with van der Waals surface area (Å²) >= 11 is 1.38. The SMILES string of the molecule is CCOC(=O)c1c(-c2ccc(C)cc2)csc1/N=C/c1ccc(C)cc1O. The Labute approximate surface area is 162 Å². The Kier molecular flexibility index (Phi) is 5.72. The predicted octanol–water partition coefficient (Wildman–Crippen LogP) is 5.66. The van der Waals surface area contributed by atoms with Crippen LogP contribution in [0.1, 0.15) is 34.0 Å². The first-order valence-electron chi connectivity index (χ1n) is 8.69. The quantitative estimate of drug-likeness (QED) is 0.459. The molecule has 5 heteroatoms. The van der Waals surface area contributed by atoms with Crippen LogP contribution in [0.5, 0.6) is 5.75 Å². The average Bonchev–Trinajstić information content (AvgIpc) is 3.06. The van der Waals surface area contributed by atoms with Gasteiger partial charge in [-0.2, -0.15) is 0 Å². The van der Waals surface area contributed by atoms with Gasteiger partial charge in [0.25, 0.3) is 0 Å². The maximum Gasteiger partial charge on any atom is 0.341 e. The van der Waals surface area contributed by atoms with Crippen molar-refractivity contribution >= 4 is 28.5 Å². The largest absolute Gasteiger partial charge is 0.507 e. The molecule has 0 saturated carbocycles. The lowest BCUT2D eigenvalue weighted by atomic mass is 10.0. The first-order valence-corrected chi connectivity index (χ1v) is 9.57. The molecule has 0 spiro atoms. The Morgan fingerprint density at radius 2 is 1.85 bits per heavy atom. The van der Waals surface area contributed by atoms with Crippen LogP contribution in [-0.4, -0.2) is 23.9 Å². The molecule has 0 radical (unpaired) electrons. The molecule has 0 aliphatic heterocycles. The third-order valence-corrected chi connectivity index (χ3v) is 5.01. The van der Waals surface area contributed by atoms with Gasteiger partial charge in [-0.25, -0.2) is 9.79 Å². The fourth-order valence-corrected chi connectivity index (χ4v) is 3.59. The first-order chi connectivity index (χ1) is 13.0. The maximum absolute atomic E-state index is 12.6. The van der Waals surface area contributed by atoms with Gasteiger partial charge in [-0.05, 0) is 44.0 Å². The molecule has 2 aromatic carbocycles. The Balaban J connectivity index is 2.03. The van der Waals surface area contributed by atoms with Crippen molar-refractivity contribution in [3.63, 3.8) is 0 Å². The summed E-state index contributed by atoms with van der Waals surface area (Å²) in [5.74, 6) is -0.235. The molecule has 1 aromatic heterocycles. The number of ether oxygens (including phenoxy) is 1. The molecule has 0 atom stereocenters. The van der Waals surface area contributed by atoms with E-state index in [1.54, 1.807) is 25.3 Å². The summed E-state index contributed by atoms with van der Waals surface area (Å²) in [5, 5.41) is 12.5. The summed E-state index contributed by atoms with van der Waals surface area (Å²) in [5.41, 5.74) is 4.92. The Morgan fingerprint density at radius 3 is 2.52 bits per heavy atom. The van der Waals surface area contributed by atoms with Crippen molar-refractivity contribution in [2.75, 3.05) is 6.61 Å². The summed E-state index contributed by atoms with van der Waals surface area (Å²) < 4.78 is 5.25. The molecule has 0 aliphatic carbocycles.